The molecule has 28 heavy (non-hydrogen) atoms. The normalized spacial score (nSPS) is 10.0. The molecule has 0 heterocycles. The molecule has 0 unspecified atom stereocenters. The molecule has 0 radical (unpaired) electrons. The predicted molar refractivity (Wildman–Crippen MR) is 106 cm³/mol. The maximum Gasteiger partial charge on any atom is 0.338 e. The SMILES string of the molecule is CC(=O)Nc1cccc(C(=O)OCC(=O)Nc2ccccc2SCC(N)=O)c1. The van der Waals surface area contributed by atoms with Crippen molar-refractivity contribution < 1.29 is 23.9 Å². The second-order valence-corrected chi connectivity index (χ2v) is 6.65. The highest BCUT2D eigenvalue weighted by Gasteiger charge is 2.13. The van der Waals surface area contributed by atoms with E-state index < -0.39 is 24.4 Å². The van der Waals surface area contributed by atoms with E-state index >= 15 is 0 Å². The molecule has 0 saturated heterocycles. The lowest BCUT2D eigenvalue weighted by Crippen LogP contribution is -2.21. The molecule has 146 valence electrons. The smallest absolute Gasteiger partial charge is 0.338 e. The molecule has 9 heteroatoms. The van der Waals surface area contributed by atoms with Gasteiger partial charge in [0.2, 0.25) is 11.8 Å². The molecule has 0 aliphatic rings. The number of amides is 3. The van der Waals surface area contributed by atoms with Crippen LogP contribution in [0.25, 0.3) is 0 Å². The first kappa shape index (κ1) is 21.0. The summed E-state index contributed by atoms with van der Waals surface area (Å²) in [6, 6.07) is 13.1. The number of anilines is 2. The highest BCUT2D eigenvalue weighted by molar-refractivity contribution is 8.00. The van der Waals surface area contributed by atoms with Crippen LogP contribution in [0.1, 0.15) is 17.3 Å². The molecule has 3 amide bonds. The highest BCUT2D eigenvalue weighted by Crippen LogP contribution is 2.26. The standard InChI is InChI=1S/C19H19N3O5S/c1-12(23)21-14-6-4-5-13(9-14)19(26)27-10-18(25)22-15-7-2-3-8-16(15)28-11-17(20)24/h2-9H,10-11H2,1H3,(H2,20,24)(H,21,23)(H,22,25). The van der Waals surface area contributed by atoms with Gasteiger partial charge < -0.3 is 21.1 Å². The molecule has 2 aromatic rings. The molecular formula is C19H19N3O5S. The number of para-hydroxylation sites is 1. The second-order valence-electron chi connectivity index (χ2n) is 5.64. The third-order valence-electron chi connectivity index (χ3n) is 3.28. The van der Waals surface area contributed by atoms with Gasteiger partial charge >= 0.3 is 5.97 Å². The minimum atomic E-state index is -0.696. The number of carbonyl (C=O) groups is 4. The topological polar surface area (TPSA) is 128 Å². The number of rotatable bonds is 8. The van der Waals surface area contributed by atoms with Crippen LogP contribution in [0.3, 0.4) is 0 Å². The number of hydrogen-bond donors (Lipinski definition) is 3. The van der Waals surface area contributed by atoms with Crippen LogP contribution in [-0.2, 0) is 19.1 Å². The quantitative estimate of drug-likeness (QED) is 0.459. The van der Waals surface area contributed by atoms with Gasteiger partial charge in [0, 0.05) is 17.5 Å². The van der Waals surface area contributed by atoms with Crippen molar-refractivity contribution in [1.82, 2.24) is 0 Å². The Morgan fingerprint density at radius 1 is 1.04 bits per heavy atom. The van der Waals surface area contributed by atoms with Crippen LogP contribution >= 0.6 is 11.8 Å². The van der Waals surface area contributed by atoms with Crippen molar-refractivity contribution >= 4 is 46.8 Å². The van der Waals surface area contributed by atoms with E-state index in [9.17, 15) is 19.2 Å². The molecule has 2 rings (SSSR count). The van der Waals surface area contributed by atoms with Gasteiger partial charge in [-0.3, -0.25) is 14.4 Å². The lowest BCUT2D eigenvalue weighted by molar-refractivity contribution is -0.119. The van der Waals surface area contributed by atoms with E-state index in [0.29, 0.717) is 16.3 Å². The minimum absolute atomic E-state index is 0.0759. The molecule has 0 spiro atoms. The zero-order valence-electron chi connectivity index (χ0n) is 15.1. The summed E-state index contributed by atoms with van der Waals surface area (Å²) in [6.07, 6.45) is 0. The highest BCUT2D eigenvalue weighted by atomic mass is 32.2. The van der Waals surface area contributed by atoms with Crippen molar-refractivity contribution in [1.29, 1.82) is 0 Å². The number of nitrogens with one attached hydrogen (secondary N) is 2. The molecule has 0 atom stereocenters. The molecule has 8 nitrogen and oxygen atoms in total. The summed E-state index contributed by atoms with van der Waals surface area (Å²) in [6.45, 7) is 0.868. The zero-order valence-corrected chi connectivity index (χ0v) is 15.9. The van der Waals surface area contributed by atoms with Crippen LogP contribution in [0, 0.1) is 0 Å². The second kappa shape index (κ2) is 10.1. The molecular weight excluding hydrogens is 382 g/mol. The number of hydrogen-bond acceptors (Lipinski definition) is 6. The van der Waals surface area contributed by atoms with E-state index in [4.69, 9.17) is 10.5 Å². The Hall–Kier alpha value is -3.33. The number of nitrogens with two attached hydrogens (primary N) is 1. The maximum atomic E-state index is 12.1. The number of primary amides is 1. The van der Waals surface area contributed by atoms with Crippen molar-refractivity contribution in [3.8, 4) is 0 Å². The van der Waals surface area contributed by atoms with Gasteiger partial charge in [0.25, 0.3) is 5.91 Å². The average molecular weight is 401 g/mol. The lowest BCUT2D eigenvalue weighted by Gasteiger charge is -2.11. The number of benzene rings is 2. The summed E-state index contributed by atoms with van der Waals surface area (Å²) in [5, 5.41) is 5.19. The Bertz CT molecular complexity index is 901. The van der Waals surface area contributed by atoms with Gasteiger partial charge in [-0.15, -0.1) is 11.8 Å². The fraction of sp³-hybridized carbons (Fsp3) is 0.158. The van der Waals surface area contributed by atoms with E-state index in [1.165, 1.54) is 30.8 Å². The Balaban J connectivity index is 1.93. The fourth-order valence-electron chi connectivity index (χ4n) is 2.17. The molecule has 0 saturated carbocycles. The lowest BCUT2D eigenvalue weighted by atomic mass is 10.2. The van der Waals surface area contributed by atoms with Crippen molar-refractivity contribution in [2.45, 2.75) is 11.8 Å². The average Bonchev–Trinajstić information content (AvgIpc) is 2.65. The Kier molecular flexibility index (Phi) is 7.58. The third kappa shape index (κ3) is 6.76. The molecule has 0 fully saturated rings. The molecule has 2 aromatic carbocycles. The van der Waals surface area contributed by atoms with E-state index in [1.54, 1.807) is 36.4 Å². The van der Waals surface area contributed by atoms with Gasteiger partial charge in [-0.1, -0.05) is 18.2 Å². The number of ether oxygens (including phenoxy) is 1. The third-order valence-corrected chi connectivity index (χ3v) is 4.38. The molecule has 0 aromatic heterocycles. The van der Waals surface area contributed by atoms with Gasteiger partial charge in [-0.25, -0.2) is 4.79 Å². The Labute approximate surface area is 165 Å². The summed E-state index contributed by atoms with van der Waals surface area (Å²) in [4.78, 5) is 46.9. The summed E-state index contributed by atoms with van der Waals surface area (Å²) in [7, 11) is 0. The number of carbonyl (C=O) groups excluding carboxylic acids is 4. The first-order chi connectivity index (χ1) is 13.3. The van der Waals surface area contributed by atoms with Gasteiger partial charge in [0.05, 0.1) is 17.0 Å². The van der Waals surface area contributed by atoms with Gasteiger partial charge in [-0.05, 0) is 30.3 Å². The van der Waals surface area contributed by atoms with Crippen molar-refractivity contribution in [2.75, 3.05) is 23.0 Å². The number of esters is 1. The molecule has 0 bridgehead atoms. The summed E-state index contributed by atoms with van der Waals surface area (Å²) in [5.74, 6) is -1.89. The first-order valence-electron chi connectivity index (χ1n) is 8.20. The Morgan fingerprint density at radius 3 is 2.50 bits per heavy atom. The fourth-order valence-corrected chi connectivity index (χ4v) is 2.92. The number of thioether (sulfide) groups is 1. The predicted octanol–water partition coefficient (Wildman–Crippen LogP) is 2.02. The van der Waals surface area contributed by atoms with Crippen LogP contribution in [-0.4, -0.2) is 36.1 Å². The monoisotopic (exact) mass is 401 g/mol. The largest absolute Gasteiger partial charge is 0.452 e. The van der Waals surface area contributed by atoms with E-state index in [2.05, 4.69) is 10.6 Å². The summed E-state index contributed by atoms with van der Waals surface area (Å²) in [5.41, 5.74) is 6.28. The van der Waals surface area contributed by atoms with Crippen molar-refractivity contribution in [2.24, 2.45) is 5.73 Å². The van der Waals surface area contributed by atoms with Crippen molar-refractivity contribution in [3.05, 3.63) is 54.1 Å². The van der Waals surface area contributed by atoms with Gasteiger partial charge in [0.1, 0.15) is 0 Å². The summed E-state index contributed by atoms with van der Waals surface area (Å²) >= 11 is 1.19. The zero-order chi connectivity index (χ0) is 20.5. The molecule has 0 aliphatic carbocycles. The van der Waals surface area contributed by atoms with E-state index in [0.717, 1.165) is 0 Å². The molecule has 4 N–H and O–H groups in total. The molecule has 0 aliphatic heterocycles. The van der Waals surface area contributed by atoms with Crippen LogP contribution in [0.4, 0.5) is 11.4 Å². The first-order valence-corrected chi connectivity index (χ1v) is 9.18. The Morgan fingerprint density at radius 2 is 1.79 bits per heavy atom. The van der Waals surface area contributed by atoms with E-state index in [1.807, 2.05) is 0 Å². The summed E-state index contributed by atoms with van der Waals surface area (Å²) < 4.78 is 5.02. The maximum absolute atomic E-state index is 12.1. The van der Waals surface area contributed by atoms with E-state index in [-0.39, 0.29) is 17.2 Å². The van der Waals surface area contributed by atoms with Crippen LogP contribution in [0.15, 0.2) is 53.4 Å². The van der Waals surface area contributed by atoms with Gasteiger partial charge in [0.15, 0.2) is 6.61 Å². The van der Waals surface area contributed by atoms with Crippen LogP contribution < -0.4 is 16.4 Å². The van der Waals surface area contributed by atoms with Crippen molar-refractivity contribution in [3.63, 3.8) is 0 Å². The minimum Gasteiger partial charge on any atom is -0.452 e. The van der Waals surface area contributed by atoms with Gasteiger partial charge in [-0.2, -0.15) is 0 Å². The van der Waals surface area contributed by atoms with Crippen LogP contribution in [0.5, 0.6) is 0 Å². The van der Waals surface area contributed by atoms with Crippen LogP contribution in [0.2, 0.25) is 0 Å².